The SMILES string of the molecule is c1ccc([C@@H]2CCCC3OC[C@@H](c4ccccc4)N32)cc1. The summed E-state index contributed by atoms with van der Waals surface area (Å²) in [6, 6.07) is 22.6. The Bertz CT molecular complexity index is 583. The van der Waals surface area contributed by atoms with Crippen LogP contribution in [0.5, 0.6) is 0 Å². The van der Waals surface area contributed by atoms with E-state index >= 15 is 0 Å². The highest BCUT2D eigenvalue weighted by molar-refractivity contribution is 5.24. The molecule has 0 radical (unpaired) electrons. The summed E-state index contributed by atoms with van der Waals surface area (Å²) >= 11 is 0. The third kappa shape index (κ3) is 2.39. The summed E-state index contributed by atoms with van der Waals surface area (Å²) in [5.41, 5.74) is 2.80. The molecule has 4 rings (SSSR count). The van der Waals surface area contributed by atoms with Gasteiger partial charge in [0.05, 0.1) is 12.6 Å². The maximum absolute atomic E-state index is 6.10. The number of hydrogen-bond acceptors (Lipinski definition) is 2. The molecule has 2 nitrogen and oxygen atoms in total. The van der Waals surface area contributed by atoms with Gasteiger partial charge in [-0.3, -0.25) is 4.90 Å². The van der Waals surface area contributed by atoms with Crippen LogP contribution in [-0.4, -0.2) is 17.7 Å². The third-order valence-corrected chi connectivity index (χ3v) is 4.80. The Kier molecular flexibility index (Phi) is 3.50. The molecule has 2 saturated heterocycles. The predicted octanol–water partition coefficient (Wildman–Crippen LogP) is 4.31. The maximum atomic E-state index is 6.10. The van der Waals surface area contributed by atoms with Crippen LogP contribution >= 0.6 is 0 Å². The number of rotatable bonds is 2. The standard InChI is InChI=1S/C19H21NO/c1-3-8-15(9-4-1)17-12-7-13-19-20(17)18(14-21-19)16-10-5-2-6-11-16/h1-6,8-11,17-19H,7,12-14H2/t17-,18-,19?/m0/s1. The molecular formula is C19H21NO. The molecular weight excluding hydrogens is 258 g/mol. The molecule has 2 aliphatic rings. The van der Waals surface area contributed by atoms with E-state index in [1.165, 1.54) is 24.0 Å². The van der Waals surface area contributed by atoms with Crippen LogP contribution in [-0.2, 0) is 4.74 Å². The number of hydrogen-bond donors (Lipinski definition) is 0. The molecule has 1 unspecified atom stereocenters. The van der Waals surface area contributed by atoms with Gasteiger partial charge in [0.15, 0.2) is 0 Å². The fraction of sp³-hybridized carbons (Fsp3) is 0.368. The maximum Gasteiger partial charge on any atom is 0.111 e. The quantitative estimate of drug-likeness (QED) is 0.812. The second-order valence-corrected chi connectivity index (χ2v) is 6.02. The Balaban J connectivity index is 1.69. The van der Waals surface area contributed by atoms with Crippen LogP contribution in [0, 0.1) is 0 Å². The molecule has 2 fully saturated rings. The van der Waals surface area contributed by atoms with E-state index in [0.717, 1.165) is 13.0 Å². The lowest BCUT2D eigenvalue weighted by molar-refractivity contribution is -0.0271. The molecule has 0 aliphatic carbocycles. The first-order valence-electron chi connectivity index (χ1n) is 7.92. The summed E-state index contributed by atoms with van der Waals surface area (Å²) in [6.45, 7) is 0.817. The van der Waals surface area contributed by atoms with Crippen molar-refractivity contribution in [1.29, 1.82) is 0 Å². The number of fused-ring (bicyclic) bond motifs is 1. The Morgan fingerprint density at radius 1 is 0.762 bits per heavy atom. The van der Waals surface area contributed by atoms with E-state index in [1.807, 2.05) is 0 Å². The van der Waals surface area contributed by atoms with Crippen molar-refractivity contribution >= 4 is 0 Å². The van der Waals surface area contributed by atoms with E-state index in [1.54, 1.807) is 0 Å². The van der Waals surface area contributed by atoms with Gasteiger partial charge in [-0.05, 0) is 30.4 Å². The summed E-state index contributed by atoms with van der Waals surface area (Å²) in [4.78, 5) is 2.61. The molecule has 0 aromatic heterocycles. The first-order valence-corrected chi connectivity index (χ1v) is 7.92. The zero-order valence-corrected chi connectivity index (χ0v) is 12.2. The molecule has 2 aromatic carbocycles. The van der Waals surface area contributed by atoms with E-state index in [-0.39, 0.29) is 6.23 Å². The third-order valence-electron chi connectivity index (χ3n) is 4.80. The van der Waals surface area contributed by atoms with Crippen LogP contribution in [0.2, 0.25) is 0 Å². The van der Waals surface area contributed by atoms with Gasteiger partial charge in [-0.2, -0.15) is 0 Å². The predicted molar refractivity (Wildman–Crippen MR) is 83.8 cm³/mol. The lowest BCUT2D eigenvalue weighted by Gasteiger charge is -2.40. The summed E-state index contributed by atoms with van der Waals surface area (Å²) < 4.78 is 6.10. The van der Waals surface area contributed by atoms with Crippen molar-refractivity contribution in [2.45, 2.75) is 37.6 Å². The van der Waals surface area contributed by atoms with E-state index in [4.69, 9.17) is 4.74 Å². The molecule has 2 aliphatic heterocycles. The van der Waals surface area contributed by atoms with Crippen LogP contribution in [0.15, 0.2) is 60.7 Å². The molecule has 0 N–H and O–H groups in total. The van der Waals surface area contributed by atoms with Crippen LogP contribution in [0.1, 0.15) is 42.5 Å². The van der Waals surface area contributed by atoms with E-state index in [9.17, 15) is 0 Å². The van der Waals surface area contributed by atoms with Gasteiger partial charge in [-0.15, -0.1) is 0 Å². The van der Waals surface area contributed by atoms with Gasteiger partial charge in [0.1, 0.15) is 6.23 Å². The minimum atomic E-state index is 0.286. The van der Waals surface area contributed by atoms with Crippen molar-refractivity contribution in [3.63, 3.8) is 0 Å². The van der Waals surface area contributed by atoms with Crippen molar-refractivity contribution in [2.24, 2.45) is 0 Å². The average molecular weight is 279 g/mol. The van der Waals surface area contributed by atoms with Crippen LogP contribution < -0.4 is 0 Å². The van der Waals surface area contributed by atoms with Crippen molar-refractivity contribution in [3.8, 4) is 0 Å². The summed E-state index contributed by atoms with van der Waals surface area (Å²) in [6.07, 6.45) is 3.93. The second kappa shape index (κ2) is 5.63. The molecule has 2 heteroatoms. The molecule has 0 saturated carbocycles. The second-order valence-electron chi connectivity index (χ2n) is 6.02. The highest BCUT2D eigenvalue weighted by atomic mass is 16.5. The lowest BCUT2D eigenvalue weighted by atomic mass is 9.92. The first-order chi connectivity index (χ1) is 10.4. The zero-order chi connectivity index (χ0) is 14.1. The van der Waals surface area contributed by atoms with Gasteiger partial charge < -0.3 is 4.74 Å². The molecule has 0 bridgehead atoms. The van der Waals surface area contributed by atoms with Gasteiger partial charge in [0.2, 0.25) is 0 Å². The highest BCUT2D eigenvalue weighted by Crippen LogP contribution is 2.44. The Hall–Kier alpha value is -1.64. The number of piperidine rings is 1. The van der Waals surface area contributed by atoms with Crippen LogP contribution in [0.4, 0.5) is 0 Å². The molecule has 2 aromatic rings. The first kappa shape index (κ1) is 13.1. The van der Waals surface area contributed by atoms with Gasteiger partial charge in [-0.25, -0.2) is 0 Å². The number of benzene rings is 2. The van der Waals surface area contributed by atoms with Crippen LogP contribution in [0.25, 0.3) is 0 Å². The zero-order valence-electron chi connectivity index (χ0n) is 12.2. The smallest absolute Gasteiger partial charge is 0.111 e. The van der Waals surface area contributed by atoms with Crippen molar-refractivity contribution < 1.29 is 4.74 Å². The number of ether oxygens (including phenoxy) is 1. The van der Waals surface area contributed by atoms with Crippen molar-refractivity contribution in [2.75, 3.05) is 6.61 Å². The molecule has 108 valence electrons. The Morgan fingerprint density at radius 3 is 2.05 bits per heavy atom. The highest BCUT2D eigenvalue weighted by Gasteiger charge is 2.42. The Morgan fingerprint density at radius 2 is 1.38 bits per heavy atom. The summed E-state index contributed by atoms with van der Waals surface area (Å²) in [7, 11) is 0. The number of nitrogens with zero attached hydrogens (tertiary/aromatic N) is 1. The van der Waals surface area contributed by atoms with Gasteiger partial charge in [0.25, 0.3) is 0 Å². The van der Waals surface area contributed by atoms with E-state index < -0.39 is 0 Å². The molecule has 3 atom stereocenters. The van der Waals surface area contributed by atoms with Gasteiger partial charge in [0, 0.05) is 6.04 Å². The molecule has 0 spiro atoms. The minimum absolute atomic E-state index is 0.286. The average Bonchev–Trinajstić information content (AvgIpc) is 3.00. The minimum Gasteiger partial charge on any atom is -0.361 e. The van der Waals surface area contributed by atoms with Gasteiger partial charge >= 0.3 is 0 Å². The van der Waals surface area contributed by atoms with Crippen LogP contribution in [0.3, 0.4) is 0 Å². The van der Waals surface area contributed by atoms with Gasteiger partial charge in [-0.1, -0.05) is 60.7 Å². The fourth-order valence-corrected chi connectivity index (χ4v) is 3.82. The summed E-state index contributed by atoms with van der Waals surface area (Å²) in [5.74, 6) is 0. The van der Waals surface area contributed by atoms with Crippen molar-refractivity contribution in [3.05, 3.63) is 71.8 Å². The monoisotopic (exact) mass is 279 g/mol. The molecule has 2 heterocycles. The lowest BCUT2D eigenvalue weighted by Crippen LogP contribution is -2.39. The molecule has 0 amide bonds. The largest absolute Gasteiger partial charge is 0.361 e. The van der Waals surface area contributed by atoms with E-state index in [2.05, 4.69) is 65.6 Å². The normalized spacial score (nSPS) is 29.2. The molecule has 21 heavy (non-hydrogen) atoms. The van der Waals surface area contributed by atoms with E-state index in [0.29, 0.717) is 12.1 Å². The van der Waals surface area contributed by atoms with Crippen molar-refractivity contribution in [1.82, 2.24) is 4.90 Å². The summed E-state index contributed by atoms with van der Waals surface area (Å²) in [5, 5.41) is 0. The fourth-order valence-electron chi connectivity index (χ4n) is 3.82. The Labute approximate surface area is 126 Å². The topological polar surface area (TPSA) is 12.5 Å².